The van der Waals surface area contributed by atoms with Crippen LogP contribution in [0.1, 0.15) is 29.3 Å². The highest BCUT2D eigenvalue weighted by Gasteiger charge is 2.27. The van der Waals surface area contributed by atoms with Gasteiger partial charge in [0, 0.05) is 5.56 Å². The number of halogens is 2. The van der Waals surface area contributed by atoms with Crippen molar-refractivity contribution >= 4 is 11.8 Å². The van der Waals surface area contributed by atoms with Crippen LogP contribution in [0, 0.1) is 0 Å². The second-order valence-corrected chi connectivity index (χ2v) is 3.27. The molecule has 0 aliphatic heterocycles. The Bertz CT molecular complexity index is 457. The number of carbonyl (C=O) groups is 2. The Morgan fingerprint density at radius 1 is 1.33 bits per heavy atom. The van der Waals surface area contributed by atoms with Gasteiger partial charge in [0.05, 0.1) is 19.3 Å². The van der Waals surface area contributed by atoms with Crippen LogP contribution in [0.25, 0.3) is 0 Å². The Balaban J connectivity index is 3.23. The van der Waals surface area contributed by atoms with E-state index in [0.717, 1.165) is 6.07 Å². The summed E-state index contributed by atoms with van der Waals surface area (Å²) in [6, 6.07) is 3.80. The third kappa shape index (κ3) is 2.82. The van der Waals surface area contributed by atoms with Crippen LogP contribution < -0.4 is 4.74 Å². The lowest BCUT2D eigenvalue weighted by molar-refractivity contribution is -0.137. The van der Waals surface area contributed by atoms with Crippen LogP contribution in [-0.2, 0) is 9.53 Å². The first-order chi connectivity index (χ1) is 8.52. The summed E-state index contributed by atoms with van der Waals surface area (Å²) < 4.78 is 35.0. The molecule has 0 radical (unpaired) electrons. The summed E-state index contributed by atoms with van der Waals surface area (Å²) in [6.45, 7) is 1.52. The zero-order chi connectivity index (χ0) is 13.7. The van der Waals surface area contributed by atoms with Gasteiger partial charge in [-0.25, -0.2) is 13.6 Å². The summed E-state index contributed by atoms with van der Waals surface area (Å²) >= 11 is 0. The number of carbonyl (C=O) groups excluding carboxylic acids is 2. The molecule has 0 atom stereocenters. The van der Waals surface area contributed by atoms with Crippen LogP contribution in [0.2, 0.25) is 0 Å². The fourth-order valence-corrected chi connectivity index (χ4v) is 1.45. The van der Waals surface area contributed by atoms with Crippen LogP contribution >= 0.6 is 0 Å². The van der Waals surface area contributed by atoms with E-state index in [2.05, 4.69) is 4.74 Å². The van der Waals surface area contributed by atoms with Crippen molar-refractivity contribution in [2.45, 2.75) is 13.3 Å². The SMILES string of the molecule is CCOC(=O)C(=O)c1cccc(OC)c1C(F)F. The molecule has 0 spiro atoms. The monoisotopic (exact) mass is 258 g/mol. The second-order valence-electron chi connectivity index (χ2n) is 3.27. The maximum absolute atomic E-state index is 12.9. The lowest BCUT2D eigenvalue weighted by Crippen LogP contribution is -2.19. The lowest BCUT2D eigenvalue weighted by atomic mass is 10.0. The summed E-state index contributed by atoms with van der Waals surface area (Å²) in [5.74, 6) is -2.40. The Morgan fingerprint density at radius 3 is 2.50 bits per heavy atom. The quantitative estimate of drug-likeness (QED) is 0.462. The molecular formula is C12H12F2O4. The van der Waals surface area contributed by atoms with Crippen LogP contribution in [0.15, 0.2) is 18.2 Å². The van der Waals surface area contributed by atoms with Gasteiger partial charge in [-0.1, -0.05) is 12.1 Å². The van der Waals surface area contributed by atoms with Gasteiger partial charge >= 0.3 is 5.97 Å². The highest BCUT2D eigenvalue weighted by Crippen LogP contribution is 2.32. The van der Waals surface area contributed by atoms with E-state index in [1.54, 1.807) is 0 Å². The highest BCUT2D eigenvalue weighted by atomic mass is 19.3. The van der Waals surface area contributed by atoms with Crippen LogP contribution in [0.4, 0.5) is 8.78 Å². The van der Waals surface area contributed by atoms with Gasteiger partial charge in [0.25, 0.3) is 12.2 Å². The van der Waals surface area contributed by atoms with Crippen molar-refractivity contribution in [3.05, 3.63) is 29.3 Å². The number of Topliss-reactive ketones (excluding diaryl/α,β-unsaturated/α-hetero) is 1. The average Bonchev–Trinajstić information content (AvgIpc) is 2.36. The Hall–Kier alpha value is -1.98. The number of benzene rings is 1. The van der Waals surface area contributed by atoms with E-state index in [-0.39, 0.29) is 12.4 Å². The lowest BCUT2D eigenvalue weighted by Gasteiger charge is -2.11. The molecule has 18 heavy (non-hydrogen) atoms. The maximum Gasteiger partial charge on any atom is 0.379 e. The van der Waals surface area contributed by atoms with E-state index < -0.39 is 29.3 Å². The third-order valence-electron chi connectivity index (χ3n) is 2.21. The predicted molar refractivity (Wildman–Crippen MR) is 58.9 cm³/mol. The van der Waals surface area contributed by atoms with Crippen LogP contribution in [-0.4, -0.2) is 25.5 Å². The highest BCUT2D eigenvalue weighted by molar-refractivity contribution is 6.41. The number of hydrogen-bond donors (Lipinski definition) is 0. The minimum absolute atomic E-state index is 0.00143. The largest absolute Gasteiger partial charge is 0.496 e. The van der Waals surface area contributed by atoms with Crippen molar-refractivity contribution in [1.82, 2.24) is 0 Å². The van der Waals surface area contributed by atoms with Gasteiger partial charge in [-0.2, -0.15) is 0 Å². The number of rotatable bonds is 5. The summed E-state index contributed by atoms with van der Waals surface area (Å²) in [4.78, 5) is 22.9. The van der Waals surface area contributed by atoms with E-state index in [4.69, 9.17) is 4.74 Å². The number of ketones is 1. The van der Waals surface area contributed by atoms with Gasteiger partial charge in [-0.15, -0.1) is 0 Å². The first kappa shape index (κ1) is 14.1. The molecule has 6 heteroatoms. The van der Waals surface area contributed by atoms with Crippen molar-refractivity contribution in [2.75, 3.05) is 13.7 Å². The molecule has 0 unspecified atom stereocenters. The molecule has 0 aliphatic rings. The molecule has 1 aromatic rings. The topological polar surface area (TPSA) is 52.6 Å². The molecule has 0 amide bonds. The summed E-state index contributed by atoms with van der Waals surface area (Å²) in [5.41, 5.74) is -0.999. The van der Waals surface area contributed by atoms with Gasteiger partial charge in [0.2, 0.25) is 0 Å². The summed E-state index contributed by atoms with van der Waals surface area (Å²) in [6.07, 6.45) is -2.92. The maximum atomic E-state index is 12.9. The van der Waals surface area contributed by atoms with Crippen molar-refractivity contribution in [3.8, 4) is 5.75 Å². The van der Waals surface area contributed by atoms with E-state index in [1.165, 1.54) is 26.2 Å². The molecule has 0 fully saturated rings. The molecule has 0 bridgehead atoms. The van der Waals surface area contributed by atoms with Gasteiger partial charge in [0.1, 0.15) is 5.75 Å². The molecule has 1 rings (SSSR count). The van der Waals surface area contributed by atoms with Crippen molar-refractivity contribution in [3.63, 3.8) is 0 Å². The minimum Gasteiger partial charge on any atom is -0.496 e. The van der Waals surface area contributed by atoms with Crippen molar-refractivity contribution in [2.24, 2.45) is 0 Å². The molecule has 4 nitrogen and oxygen atoms in total. The second kappa shape index (κ2) is 6.09. The average molecular weight is 258 g/mol. The predicted octanol–water partition coefficient (Wildman–Crippen LogP) is 2.38. The standard InChI is InChI=1S/C12H12F2O4/c1-3-18-12(16)10(15)7-5-4-6-8(17-2)9(7)11(13)14/h4-6,11H,3H2,1-2H3. The zero-order valence-electron chi connectivity index (χ0n) is 9.91. The third-order valence-corrected chi connectivity index (χ3v) is 2.21. The molecule has 0 heterocycles. The molecule has 0 aliphatic carbocycles. The minimum atomic E-state index is -2.92. The first-order valence-corrected chi connectivity index (χ1v) is 5.19. The fraction of sp³-hybridized carbons (Fsp3) is 0.333. The number of methoxy groups -OCH3 is 1. The zero-order valence-corrected chi connectivity index (χ0v) is 9.91. The number of alkyl halides is 2. The van der Waals surface area contributed by atoms with E-state index in [0.29, 0.717) is 0 Å². The number of hydrogen-bond acceptors (Lipinski definition) is 4. The van der Waals surface area contributed by atoms with Gasteiger partial charge in [-0.05, 0) is 13.0 Å². The molecule has 0 saturated heterocycles. The van der Waals surface area contributed by atoms with E-state index >= 15 is 0 Å². The Labute approximate surface area is 103 Å². The van der Waals surface area contributed by atoms with Crippen molar-refractivity contribution < 1.29 is 27.8 Å². The van der Waals surface area contributed by atoms with E-state index in [9.17, 15) is 18.4 Å². The van der Waals surface area contributed by atoms with Crippen molar-refractivity contribution in [1.29, 1.82) is 0 Å². The molecular weight excluding hydrogens is 246 g/mol. The van der Waals surface area contributed by atoms with Gasteiger partial charge < -0.3 is 9.47 Å². The smallest absolute Gasteiger partial charge is 0.379 e. The first-order valence-electron chi connectivity index (χ1n) is 5.19. The summed E-state index contributed by atoms with van der Waals surface area (Å²) in [7, 11) is 1.21. The van der Waals surface area contributed by atoms with E-state index in [1.807, 2.05) is 0 Å². The fourth-order valence-electron chi connectivity index (χ4n) is 1.45. The van der Waals surface area contributed by atoms with Crippen LogP contribution in [0.3, 0.4) is 0 Å². The number of esters is 1. The van der Waals surface area contributed by atoms with Gasteiger partial charge in [-0.3, -0.25) is 4.79 Å². The Morgan fingerprint density at radius 2 is 2.00 bits per heavy atom. The normalized spacial score (nSPS) is 10.3. The molecule has 1 aromatic carbocycles. The van der Waals surface area contributed by atoms with Crippen LogP contribution in [0.5, 0.6) is 5.75 Å². The molecule has 0 N–H and O–H groups in total. The summed E-state index contributed by atoms with van der Waals surface area (Å²) in [5, 5.41) is 0. The van der Waals surface area contributed by atoms with Gasteiger partial charge in [0.15, 0.2) is 0 Å². The molecule has 0 aromatic heterocycles. The molecule has 0 saturated carbocycles. The Kier molecular flexibility index (Phi) is 4.76. The molecule has 98 valence electrons. The number of ether oxygens (including phenoxy) is 2.